The van der Waals surface area contributed by atoms with E-state index < -0.39 is 0 Å². The van der Waals surface area contributed by atoms with Gasteiger partial charge < -0.3 is 10.1 Å². The normalized spacial score (nSPS) is 20.9. The van der Waals surface area contributed by atoms with Crippen LogP contribution < -0.4 is 5.32 Å². The molecule has 0 atom stereocenters. The van der Waals surface area contributed by atoms with Gasteiger partial charge in [-0.15, -0.1) is 11.3 Å². The molecule has 0 spiro atoms. The van der Waals surface area contributed by atoms with Gasteiger partial charge in [0.25, 0.3) is 0 Å². The Morgan fingerprint density at radius 3 is 2.86 bits per heavy atom. The lowest BCUT2D eigenvalue weighted by atomic mass is 9.89. The number of hydrogen-bond donors (Lipinski definition) is 1. The Morgan fingerprint density at radius 1 is 1.32 bits per heavy atom. The zero-order valence-corrected chi connectivity index (χ0v) is 13.9. The predicted molar refractivity (Wildman–Crippen MR) is 86.6 cm³/mol. The van der Waals surface area contributed by atoms with Crippen molar-refractivity contribution in [3.8, 4) is 0 Å². The van der Waals surface area contributed by atoms with Crippen LogP contribution in [0.3, 0.4) is 0 Å². The minimum Gasteiger partial charge on any atom is -0.379 e. The van der Waals surface area contributed by atoms with Crippen LogP contribution in [0.2, 0.25) is 0 Å². The maximum Gasteiger partial charge on any atom is 0.223 e. The highest BCUT2D eigenvalue weighted by molar-refractivity contribution is 7.09. The van der Waals surface area contributed by atoms with Crippen LogP contribution >= 0.6 is 11.3 Å². The first-order valence-corrected chi connectivity index (χ1v) is 9.20. The molecule has 1 aliphatic heterocycles. The fourth-order valence-electron chi connectivity index (χ4n) is 3.16. The summed E-state index contributed by atoms with van der Waals surface area (Å²) in [5.41, 5.74) is 1.11. The largest absolute Gasteiger partial charge is 0.379 e. The lowest BCUT2D eigenvalue weighted by Gasteiger charge is -2.25. The summed E-state index contributed by atoms with van der Waals surface area (Å²) < 4.78 is 5.36. The van der Waals surface area contributed by atoms with E-state index in [9.17, 15) is 4.79 Å². The summed E-state index contributed by atoms with van der Waals surface area (Å²) in [6.45, 7) is 5.04. The molecule has 5 nitrogen and oxygen atoms in total. The average Bonchev–Trinajstić information content (AvgIpc) is 3.02. The van der Waals surface area contributed by atoms with Crippen molar-refractivity contribution in [3.63, 3.8) is 0 Å². The molecule has 6 heteroatoms. The minimum absolute atomic E-state index is 0.213. The molecule has 1 N–H and O–H groups in total. The molecular formula is C16H25N3O2S. The van der Waals surface area contributed by atoms with Crippen LogP contribution in [0.5, 0.6) is 0 Å². The molecule has 2 heterocycles. The van der Waals surface area contributed by atoms with E-state index in [-0.39, 0.29) is 11.8 Å². The summed E-state index contributed by atoms with van der Waals surface area (Å²) in [6.07, 6.45) is 5.76. The SMILES string of the molecule is O=C(NCc1nc(CN2CCOCC2)cs1)C1CCCCC1. The quantitative estimate of drug-likeness (QED) is 0.902. The van der Waals surface area contributed by atoms with E-state index in [1.54, 1.807) is 11.3 Å². The van der Waals surface area contributed by atoms with Gasteiger partial charge in [0.1, 0.15) is 5.01 Å². The zero-order valence-electron chi connectivity index (χ0n) is 13.1. The highest BCUT2D eigenvalue weighted by Crippen LogP contribution is 2.23. The van der Waals surface area contributed by atoms with E-state index in [0.717, 1.165) is 56.4 Å². The Morgan fingerprint density at radius 2 is 2.09 bits per heavy atom. The first kappa shape index (κ1) is 15.9. The third-order valence-corrected chi connectivity index (χ3v) is 5.38. The lowest BCUT2D eigenvalue weighted by molar-refractivity contribution is -0.126. The second kappa shape index (κ2) is 8.04. The number of nitrogens with one attached hydrogen (secondary N) is 1. The molecule has 1 saturated heterocycles. The second-order valence-electron chi connectivity index (χ2n) is 6.17. The smallest absolute Gasteiger partial charge is 0.223 e. The summed E-state index contributed by atoms with van der Waals surface area (Å²) in [7, 11) is 0. The third kappa shape index (κ3) is 4.51. The fraction of sp³-hybridized carbons (Fsp3) is 0.750. The van der Waals surface area contributed by atoms with Crippen molar-refractivity contribution >= 4 is 17.2 Å². The molecule has 0 bridgehead atoms. The lowest BCUT2D eigenvalue weighted by Crippen LogP contribution is -2.35. The first-order chi connectivity index (χ1) is 10.8. The second-order valence-corrected chi connectivity index (χ2v) is 7.12. The highest BCUT2D eigenvalue weighted by atomic mass is 32.1. The van der Waals surface area contributed by atoms with Crippen molar-refractivity contribution in [2.24, 2.45) is 5.92 Å². The number of aromatic nitrogens is 1. The van der Waals surface area contributed by atoms with Crippen molar-refractivity contribution in [2.75, 3.05) is 26.3 Å². The fourth-order valence-corrected chi connectivity index (χ4v) is 3.89. The van der Waals surface area contributed by atoms with Gasteiger partial charge in [-0.1, -0.05) is 19.3 Å². The van der Waals surface area contributed by atoms with Crippen LogP contribution in [0.1, 0.15) is 42.8 Å². The first-order valence-electron chi connectivity index (χ1n) is 8.32. The van der Waals surface area contributed by atoms with Gasteiger partial charge in [0.05, 0.1) is 25.5 Å². The molecule has 1 aliphatic carbocycles. The van der Waals surface area contributed by atoms with E-state index in [0.29, 0.717) is 6.54 Å². The van der Waals surface area contributed by atoms with E-state index >= 15 is 0 Å². The van der Waals surface area contributed by atoms with Crippen molar-refractivity contribution < 1.29 is 9.53 Å². The van der Waals surface area contributed by atoms with Crippen LogP contribution in [-0.4, -0.2) is 42.1 Å². The Labute approximate surface area is 136 Å². The van der Waals surface area contributed by atoms with Gasteiger partial charge in [-0.2, -0.15) is 0 Å². The maximum atomic E-state index is 12.1. The number of thiazole rings is 1. The molecule has 1 saturated carbocycles. The molecule has 122 valence electrons. The van der Waals surface area contributed by atoms with Gasteiger partial charge in [0, 0.05) is 30.9 Å². The number of carbonyl (C=O) groups excluding carboxylic acids is 1. The molecule has 1 amide bonds. The van der Waals surface area contributed by atoms with Crippen molar-refractivity contribution in [1.29, 1.82) is 0 Å². The van der Waals surface area contributed by atoms with Crippen LogP contribution in [0.25, 0.3) is 0 Å². The molecule has 0 radical (unpaired) electrons. The summed E-state index contributed by atoms with van der Waals surface area (Å²) >= 11 is 1.64. The van der Waals surface area contributed by atoms with E-state index in [4.69, 9.17) is 4.74 Å². The molecule has 2 aliphatic rings. The van der Waals surface area contributed by atoms with Crippen molar-refractivity contribution in [3.05, 3.63) is 16.1 Å². The van der Waals surface area contributed by atoms with Crippen molar-refractivity contribution in [1.82, 2.24) is 15.2 Å². The number of hydrogen-bond acceptors (Lipinski definition) is 5. The zero-order chi connectivity index (χ0) is 15.2. The monoisotopic (exact) mass is 323 g/mol. The summed E-state index contributed by atoms with van der Waals surface area (Å²) in [6, 6.07) is 0. The summed E-state index contributed by atoms with van der Waals surface area (Å²) in [5, 5.41) is 6.18. The molecule has 0 unspecified atom stereocenters. The molecule has 0 aromatic carbocycles. The molecule has 3 rings (SSSR count). The van der Waals surface area contributed by atoms with Crippen LogP contribution in [0.4, 0.5) is 0 Å². The van der Waals surface area contributed by atoms with Crippen LogP contribution in [0.15, 0.2) is 5.38 Å². The number of carbonyl (C=O) groups is 1. The number of ether oxygens (including phenoxy) is 1. The highest BCUT2D eigenvalue weighted by Gasteiger charge is 2.21. The van der Waals surface area contributed by atoms with E-state index in [1.807, 2.05) is 0 Å². The topological polar surface area (TPSA) is 54.5 Å². The van der Waals surface area contributed by atoms with Gasteiger partial charge in [0.2, 0.25) is 5.91 Å². The molecule has 22 heavy (non-hydrogen) atoms. The summed E-state index contributed by atoms with van der Waals surface area (Å²) in [4.78, 5) is 19.1. The molecule has 2 fully saturated rings. The Balaban J connectivity index is 1.43. The minimum atomic E-state index is 0.213. The van der Waals surface area contributed by atoms with Crippen LogP contribution in [-0.2, 0) is 22.6 Å². The van der Waals surface area contributed by atoms with Crippen molar-refractivity contribution in [2.45, 2.75) is 45.2 Å². The number of amides is 1. The number of morpholine rings is 1. The van der Waals surface area contributed by atoms with Gasteiger partial charge in [-0.25, -0.2) is 4.98 Å². The predicted octanol–water partition coefficient (Wildman–Crippen LogP) is 2.17. The molecular weight excluding hydrogens is 298 g/mol. The van der Waals surface area contributed by atoms with E-state index in [2.05, 4.69) is 20.6 Å². The molecule has 1 aromatic heterocycles. The van der Waals surface area contributed by atoms with Crippen LogP contribution in [0, 0.1) is 5.92 Å². The maximum absolute atomic E-state index is 12.1. The van der Waals surface area contributed by atoms with E-state index in [1.165, 1.54) is 19.3 Å². The Hall–Kier alpha value is -0.980. The number of nitrogens with zero attached hydrogens (tertiary/aromatic N) is 2. The van der Waals surface area contributed by atoms with Gasteiger partial charge in [0.15, 0.2) is 0 Å². The van der Waals surface area contributed by atoms with Gasteiger partial charge >= 0.3 is 0 Å². The third-order valence-electron chi connectivity index (χ3n) is 4.48. The van der Waals surface area contributed by atoms with Gasteiger partial charge in [-0.05, 0) is 12.8 Å². The van der Waals surface area contributed by atoms with Gasteiger partial charge in [-0.3, -0.25) is 9.69 Å². The average molecular weight is 323 g/mol. The summed E-state index contributed by atoms with van der Waals surface area (Å²) in [5.74, 6) is 0.436. The number of rotatable bonds is 5. The molecule has 1 aromatic rings. The Bertz CT molecular complexity index is 479. The standard InChI is InChI=1S/C16H25N3O2S/c20-16(13-4-2-1-3-5-13)17-10-15-18-14(12-22-15)11-19-6-8-21-9-7-19/h12-13H,1-11H2,(H,17,20). The Kier molecular flexibility index (Phi) is 5.81.